The number of ether oxygens (including phenoxy) is 1. The van der Waals surface area contributed by atoms with Crippen molar-refractivity contribution in [3.63, 3.8) is 0 Å². The molecule has 1 rings (SSSR count). The first kappa shape index (κ1) is 12.0. The maximum Gasteiger partial charge on any atom is 0.122 e. The molecule has 1 atom stereocenters. The van der Waals surface area contributed by atoms with E-state index in [9.17, 15) is 5.11 Å². The van der Waals surface area contributed by atoms with E-state index >= 15 is 0 Å². The normalized spacial score (nSPS) is 14.7. The summed E-state index contributed by atoms with van der Waals surface area (Å²) in [5.41, 5.74) is 5.74. The van der Waals surface area contributed by atoms with Gasteiger partial charge in [0, 0.05) is 13.0 Å². The third-order valence-corrected chi connectivity index (χ3v) is 2.75. The van der Waals surface area contributed by atoms with Crippen LogP contribution in [-0.4, -0.2) is 24.4 Å². The first-order chi connectivity index (χ1) is 7.15. The molecule has 1 unspecified atom stereocenters. The van der Waals surface area contributed by atoms with E-state index in [1.54, 1.807) is 7.11 Å². The minimum absolute atomic E-state index is 0.265. The number of hydrogen-bond donors (Lipinski definition) is 2. The summed E-state index contributed by atoms with van der Waals surface area (Å²) in [5.74, 6) is 0.804. The van der Waals surface area contributed by atoms with Gasteiger partial charge in [0.05, 0.1) is 12.7 Å². The van der Waals surface area contributed by atoms with Crippen LogP contribution in [0.3, 0.4) is 0 Å². The predicted molar refractivity (Wildman–Crippen MR) is 61.0 cm³/mol. The van der Waals surface area contributed by atoms with Crippen molar-refractivity contribution in [1.29, 1.82) is 0 Å². The van der Waals surface area contributed by atoms with Crippen molar-refractivity contribution in [2.45, 2.75) is 25.4 Å². The molecule has 0 aliphatic carbocycles. The van der Waals surface area contributed by atoms with E-state index in [-0.39, 0.29) is 6.54 Å². The molecule has 3 heteroatoms. The highest BCUT2D eigenvalue weighted by molar-refractivity contribution is 5.34. The van der Waals surface area contributed by atoms with Crippen molar-refractivity contribution in [3.8, 4) is 5.75 Å². The molecule has 0 amide bonds. The van der Waals surface area contributed by atoms with Gasteiger partial charge < -0.3 is 15.6 Å². The molecule has 0 bridgehead atoms. The molecule has 0 aromatic heterocycles. The lowest BCUT2D eigenvalue weighted by Gasteiger charge is -2.25. The van der Waals surface area contributed by atoms with Crippen LogP contribution in [-0.2, 0) is 6.42 Å². The Bertz CT molecular complexity index is 308. The average Bonchev–Trinajstić information content (AvgIpc) is 2.29. The molecule has 15 heavy (non-hydrogen) atoms. The molecule has 0 saturated carbocycles. The van der Waals surface area contributed by atoms with Gasteiger partial charge in [0.25, 0.3) is 0 Å². The Morgan fingerprint density at radius 2 is 2.07 bits per heavy atom. The van der Waals surface area contributed by atoms with Crippen LogP contribution >= 0.6 is 0 Å². The third kappa shape index (κ3) is 2.94. The van der Waals surface area contributed by atoms with Gasteiger partial charge in [0.1, 0.15) is 5.75 Å². The zero-order valence-corrected chi connectivity index (χ0v) is 9.36. The number of methoxy groups -OCH3 is 1. The molecule has 1 aromatic carbocycles. The number of rotatable bonds is 5. The van der Waals surface area contributed by atoms with Crippen LogP contribution in [0.25, 0.3) is 0 Å². The van der Waals surface area contributed by atoms with Crippen molar-refractivity contribution in [1.82, 2.24) is 0 Å². The largest absolute Gasteiger partial charge is 0.496 e. The Morgan fingerprint density at radius 1 is 1.40 bits per heavy atom. The zero-order valence-electron chi connectivity index (χ0n) is 9.36. The van der Waals surface area contributed by atoms with Crippen molar-refractivity contribution >= 4 is 0 Å². The zero-order chi connectivity index (χ0) is 11.3. The van der Waals surface area contributed by atoms with E-state index in [2.05, 4.69) is 0 Å². The van der Waals surface area contributed by atoms with Crippen LogP contribution in [0, 0.1) is 0 Å². The molecule has 0 radical (unpaired) electrons. The fourth-order valence-corrected chi connectivity index (χ4v) is 1.55. The highest BCUT2D eigenvalue weighted by Crippen LogP contribution is 2.23. The highest BCUT2D eigenvalue weighted by atomic mass is 16.5. The minimum atomic E-state index is -0.825. The standard InChI is InChI=1S/C12H19NO2/c1-3-12(14,9-13)8-10-6-4-5-7-11(10)15-2/h4-7,14H,3,8-9,13H2,1-2H3. The van der Waals surface area contributed by atoms with Crippen LogP contribution in [0.4, 0.5) is 0 Å². The van der Waals surface area contributed by atoms with Crippen LogP contribution in [0.5, 0.6) is 5.75 Å². The lowest BCUT2D eigenvalue weighted by atomic mass is 9.91. The lowest BCUT2D eigenvalue weighted by molar-refractivity contribution is 0.0450. The molecule has 0 aliphatic heterocycles. The molecule has 3 nitrogen and oxygen atoms in total. The fraction of sp³-hybridized carbons (Fsp3) is 0.500. The van der Waals surface area contributed by atoms with E-state index in [1.165, 1.54) is 0 Å². The summed E-state index contributed by atoms with van der Waals surface area (Å²) in [6, 6.07) is 7.69. The fourth-order valence-electron chi connectivity index (χ4n) is 1.55. The first-order valence-corrected chi connectivity index (χ1v) is 5.19. The third-order valence-electron chi connectivity index (χ3n) is 2.75. The molecule has 0 heterocycles. The second-order valence-electron chi connectivity index (χ2n) is 3.77. The van der Waals surface area contributed by atoms with Gasteiger partial charge >= 0.3 is 0 Å². The summed E-state index contributed by atoms with van der Waals surface area (Å²) >= 11 is 0. The average molecular weight is 209 g/mol. The molecule has 3 N–H and O–H groups in total. The van der Waals surface area contributed by atoms with Gasteiger partial charge in [0.2, 0.25) is 0 Å². The minimum Gasteiger partial charge on any atom is -0.496 e. The summed E-state index contributed by atoms with van der Waals surface area (Å²) in [7, 11) is 1.63. The molecule has 0 saturated heterocycles. The van der Waals surface area contributed by atoms with Gasteiger partial charge in [-0.2, -0.15) is 0 Å². The monoisotopic (exact) mass is 209 g/mol. The number of nitrogens with two attached hydrogens (primary N) is 1. The Kier molecular flexibility index (Phi) is 4.12. The lowest BCUT2D eigenvalue weighted by Crippen LogP contribution is -2.39. The molecule has 1 aromatic rings. The van der Waals surface area contributed by atoms with Crippen LogP contribution < -0.4 is 10.5 Å². The second-order valence-corrected chi connectivity index (χ2v) is 3.77. The molecular formula is C12H19NO2. The second kappa shape index (κ2) is 5.14. The van der Waals surface area contributed by atoms with Gasteiger partial charge in [-0.05, 0) is 18.1 Å². The summed E-state index contributed by atoms with van der Waals surface area (Å²) in [6.45, 7) is 2.20. The van der Waals surface area contributed by atoms with Crippen LogP contribution in [0.2, 0.25) is 0 Å². The summed E-state index contributed by atoms with van der Waals surface area (Å²) in [5, 5.41) is 10.1. The van der Waals surface area contributed by atoms with Crippen molar-refractivity contribution in [2.75, 3.05) is 13.7 Å². The summed E-state index contributed by atoms with van der Waals surface area (Å²) in [6.07, 6.45) is 1.17. The molecule has 84 valence electrons. The predicted octanol–water partition coefficient (Wildman–Crippen LogP) is 1.34. The van der Waals surface area contributed by atoms with Crippen LogP contribution in [0.1, 0.15) is 18.9 Å². The first-order valence-electron chi connectivity index (χ1n) is 5.19. The Morgan fingerprint density at radius 3 is 2.60 bits per heavy atom. The van der Waals surface area contributed by atoms with E-state index < -0.39 is 5.60 Å². The summed E-state index contributed by atoms with van der Waals surface area (Å²) in [4.78, 5) is 0. The van der Waals surface area contributed by atoms with Gasteiger partial charge in [-0.3, -0.25) is 0 Å². The number of hydrogen-bond acceptors (Lipinski definition) is 3. The van der Waals surface area contributed by atoms with Gasteiger partial charge in [-0.25, -0.2) is 0 Å². The van der Waals surface area contributed by atoms with E-state index in [0.29, 0.717) is 12.8 Å². The molecule has 0 spiro atoms. The van der Waals surface area contributed by atoms with Crippen molar-refractivity contribution in [2.24, 2.45) is 5.73 Å². The van der Waals surface area contributed by atoms with E-state index in [0.717, 1.165) is 11.3 Å². The Balaban J connectivity index is 2.87. The highest BCUT2D eigenvalue weighted by Gasteiger charge is 2.24. The SMILES string of the molecule is CCC(O)(CN)Cc1ccccc1OC. The van der Waals surface area contributed by atoms with E-state index in [4.69, 9.17) is 10.5 Å². The smallest absolute Gasteiger partial charge is 0.122 e. The van der Waals surface area contributed by atoms with E-state index in [1.807, 2.05) is 31.2 Å². The van der Waals surface area contributed by atoms with Crippen molar-refractivity contribution < 1.29 is 9.84 Å². The Labute approximate surface area is 90.9 Å². The quantitative estimate of drug-likeness (QED) is 0.769. The maximum atomic E-state index is 10.1. The number of aliphatic hydroxyl groups is 1. The molecule has 0 aliphatic rings. The van der Waals surface area contributed by atoms with Gasteiger partial charge in [-0.1, -0.05) is 25.1 Å². The topological polar surface area (TPSA) is 55.5 Å². The Hall–Kier alpha value is -1.06. The molecular weight excluding hydrogens is 190 g/mol. The maximum absolute atomic E-state index is 10.1. The molecule has 0 fully saturated rings. The van der Waals surface area contributed by atoms with Gasteiger partial charge in [0.15, 0.2) is 0 Å². The number of para-hydroxylation sites is 1. The van der Waals surface area contributed by atoms with Crippen LogP contribution in [0.15, 0.2) is 24.3 Å². The van der Waals surface area contributed by atoms with Crippen molar-refractivity contribution in [3.05, 3.63) is 29.8 Å². The summed E-state index contributed by atoms with van der Waals surface area (Å²) < 4.78 is 5.23. The van der Waals surface area contributed by atoms with Gasteiger partial charge in [-0.15, -0.1) is 0 Å². The number of benzene rings is 1.